The van der Waals surface area contributed by atoms with Crippen LogP contribution in [0.1, 0.15) is 39.5 Å². The van der Waals surface area contributed by atoms with Gasteiger partial charge in [0.1, 0.15) is 0 Å². The van der Waals surface area contributed by atoms with Crippen LogP contribution >= 0.6 is 11.8 Å². The topological polar surface area (TPSA) is 3.24 Å². The van der Waals surface area contributed by atoms with E-state index in [1.807, 2.05) is 0 Å². The van der Waals surface area contributed by atoms with Crippen molar-refractivity contribution in [3.63, 3.8) is 0 Å². The molecule has 76 valence electrons. The van der Waals surface area contributed by atoms with E-state index >= 15 is 0 Å². The smallest absolute Gasteiger partial charge is 0.0191 e. The molecule has 2 heterocycles. The van der Waals surface area contributed by atoms with Gasteiger partial charge in [-0.1, -0.05) is 0 Å². The molecule has 2 aliphatic rings. The second-order valence-electron chi connectivity index (χ2n) is 4.98. The van der Waals surface area contributed by atoms with Gasteiger partial charge in [-0.15, -0.1) is 0 Å². The molecular weight excluding hydrogens is 178 g/mol. The van der Waals surface area contributed by atoms with Gasteiger partial charge in [0.15, 0.2) is 0 Å². The van der Waals surface area contributed by atoms with Gasteiger partial charge >= 0.3 is 0 Å². The molecule has 2 heteroatoms. The summed E-state index contributed by atoms with van der Waals surface area (Å²) in [5.41, 5.74) is 0.489. The van der Waals surface area contributed by atoms with Crippen molar-refractivity contribution in [3.8, 4) is 0 Å². The first-order valence-corrected chi connectivity index (χ1v) is 6.70. The van der Waals surface area contributed by atoms with Gasteiger partial charge in [-0.25, -0.2) is 0 Å². The standard InChI is InChI=1S/C11H21NS/c1-11(2)6-4-7-12(11)10-5-3-8-13-9-10/h10H,3-9H2,1-2H3. The lowest BCUT2D eigenvalue weighted by Crippen LogP contribution is -2.47. The molecule has 0 N–H and O–H groups in total. The maximum absolute atomic E-state index is 2.76. The molecule has 0 aromatic heterocycles. The minimum Gasteiger partial charge on any atom is -0.294 e. The van der Waals surface area contributed by atoms with Crippen molar-refractivity contribution in [2.24, 2.45) is 0 Å². The quantitative estimate of drug-likeness (QED) is 0.639. The Labute approximate surface area is 86.3 Å². The molecule has 0 radical (unpaired) electrons. The van der Waals surface area contributed by atoms with Crippen molar-refractivity contribution in [2.75, 3.05) is 18.1 Å². The predicted octanol–water partition coefficient (Wildman–Crippen LogP) is 2.76. The van der Waals surface area contributed by atoms with Crippen molar-refractivity contribution < 1.29 is 0 Å². The van der Waals surface area contributed by atoms with E-state index in [0.717, 1.165) is 6.04 Å². The van der Waals surface area contributed by atoms with Gasteiger partial charge in [-0.05, 0) is 51.8 Å². The highest BCUT2D eigenvalue weighted by Gasteiger charge is 2.36. The number of rotatable bonds is 1. The zero-order chi connectivity index (χ0) is 9.31. The summed E-state index contributed by atoms with van der Waals surface area (Å²) in [5, 5.41) is 0. The maximum atomic E-state index is 2.76. The molecule has 1 atom stereocenters. The van der Waals surface area contributed by atoms with Gasteiger partial charge in [-0.2, -0.15) is 11.8 Å². The third-order valence-corrected chi connectivity index (χ3v) is 4.74. The van der Waals surface area contributed by atoms with E-state index in [0.29, 0.717) is 5.54 Å². The summed E-state index contributed by atoms with van der Waals surface area (Å²) in [4.78, 5) is 2.76. The Morgan fingerprint density at radius 1 is 1.31 bits per heavy atom. The average molecular weight is 199 g/mol. The fourth-order valence-electron chi connectivity index (χ4n) is 2.77. The molecule has 0 aromatic rings. The van der Waals surface area contributed by atoms with Crippen LogP contribution in [0.25, 0.3) is 0 Å². The lowest BCUT2D eigenvalue weighted by atomic mass is 9.99. The Morgan fingerprint density at radius 2 is 2.15 bits per heavy atom. The molecule has 2 aliphatic heterocycles. The molecule has 1 unspecified atom stereocenters. The maximum Gasteiger partial charge on any atom is 0.0191 e. The largest absolute Gasteiger partial charge is 0.294 e. The highest BCUT2D eigenvalue weighted by molar-refractivity contribution is 7.99. The van der Waals surface area contributed by atoms with E-state index in [4.69, 9.17) is 0 Å². The monoisotopic (exact) mass is 199 g/mol. The van der Waals surface area contributed by atoms with Gasteiger partial charge in [-0.3, -0.25) is 4.90 Å². The van der Waals surface area contributed by atoms with Gasteiger partial charge in [0, 0.05) is 17.3 Å². The van der Waals surface area contributed by atoms with Crippen LogP contribution in [0.2, 0.25) is 0 Å². The lowest BCUT2D eigenvalue weighted by molar-refractivity contribution is 0.120. The first-order valence-electron chi connectivity index (χ1n) is 5.55. The van der Waals surface area contributed by atoms with Crippen LogP contribution in [0, 0.1) is 0 Å². The highest BCUT2D eigenvalue weighted by Crippen LogP contribution is 2.34. The van der Waals surface area contributed by atoms with Gasteiger partial charge in [0.05, 0.1) is 0 Å². The van der Waals surface area contributed by atoms with Crippen LogP contribution in [0.3, 0.4) is 0 Å². The fraction of sp³-hybridized carbons (Fsp3) is 1.00. The van der Waals surface area contributed by atoms with Crippen molar-refractivity contribution in [1.29, 1.82) is 0 Å². The third kappa shape index (κ3) is 2.04. The van der Waals surface area contributed by atoms with Crippen LogP contribution < -0.4 is 0 Å². The number of hydrogen-bond donors (Lipinski definition) is 0. The fourth-order valence-corrected chi connectivity index (χ4v) is 3.93. The molecule has 2 rings (SSSR count). The van der Waals surface area contributed by atoms with Crippen molar-refractivity contribution >= 4 is 11.8 Å². The Kier molecular flexibility index (Phi) is 2.89. The highest BCUT2D eigenvalue weighted by atomic mass is 32.2. The molecule has 0 aromatic carbocycles. The summed E-state index contributed by atoms with van der Waals surface area (Å²) in [7, 11) is 0. The first-order chi connectivity index (χ1) is 6.20. The Bertz CT molecular complexity index is 173. The Morgan fingerprint density at radius 3 is 2.69 bits per heavy atom. The van der Waals surface area contributed by atoms with E-state index in [1.165, 1.54) is 43.7 Å². The van der Waals surface area contributed by atoms with E-state index < -0.39 is 0 Å². The van der Waals surface area contributed by atoms with Crippen LogP contribution in [-0.2, 0) is 0 Å². The zero-order valence-corrected chi connectivity index (χ0v) is 9.70. The number of likely N-dealkylation sites (tertiary alicyclic amines) is 1. The van der Waals surface area contributed by atoms with Crippen LogP contribution in [0.15, 0.2) is 0 Å². The molecular formula is C11H21NS. The minimum absolute atomic E-state index is 0.489. The summed E-state index contributed by atoms with van der Waals surface area (Å²) in [6.45, 7) is 6.18. The van der Waals surface area contributed by atoms with E-state index in [-0.39, 0.29) is 0 Å². The van der Waals surface area contributed by atoms with Crippen LogP contribution in [-0.4, -0.2) is 34.5 Å². The second-order valence-corrected chi connectivity index (χ2v) is 6.13. The summed E-state index contributed by atoms with van der Waals surface area (Å²) in [6.07, 6.45) is 5.68. The van der Waals surface area contributed by atoms with Gasteiger partial charge in [0.25, 0.3) is 0 Å². The minimum atomic E-state index is 0.489. The van der Waals surface area contributed by atoms with Gasteiger partial charge in [0.2, 0.25) is 0 Å². The normalized spacial score (nSPS) is 35.1. The first kappa shape index (κ1) is 9.85. The molecule has 0 aliphatic carbocycles. The summed E-state index contributed by atoms with van der Waals surface area (Å²) >= 11 is 2.15. The predicted molar refractivity (Wildman–Crippen MR) is 60.4 cm³/mol. The number of hydrogen-bond acceptors (Lipinski definition) is 2. The molecule has 0 amide bonds. The average Bonchev–Trinajstić information content (AvgIpc) is 2.47. The third-order valence-electron chi connectivity index (χ3n) is 3.54. The van der Waals surface area contributed by atoms with Crippen molar-refractivity contribution in [1.82, 2.24) is 4.90 Å². The Balaban J connectivity index is 1.98. The molecule has 0 spiro atoms. The lowest BCUT2D eigenvalue weighted by Gasteiger charge is -2.40. The van der Waals surface area contributed by atoms with Gasteiger partial charge < -0.3 is 0 Å². The zero-order valence-electron chi connectivity index (χ0n) is 8.88. The molecule has 1 nitrogen and oxygen atoms in total. The Hall–Kier alpha value is 0.310. The molecule has 2 fully saturated rings. The summed E-state index contributed by atoms with van der Waals surface area (Å²) in [5.74, 6) is 2.77. The van der Waals surface area contributed by atoms with E-state index in [1.54, 1.807) is 0 Å². The molecule has 2 saturated heterocycles. The molecule has 0 saturated carbocycles. The molecule has 0 bridgehead atoms. The second kappa shape index (κ2) is 3.82. The number of thioether (sulfide) groups is 1. The molecule has 13 heavy (non-hydrogen) atoms. The summed E-state index contributed by atoms with van der Waals surface area (Å²) in [6, 6.07) is 0.885. The SMILES string of the molecule is CC1(C)CCCN1C1CCCSC1. The van der Waals surface area contributed by atoms with Crippen LogP contribution in [0.5, 0.6) is 0 Å². The van der Waals surface area contributed by atoms with E-state index in [9.17, 15) is 0 Å². The number of nitrogens with zero attached hydrogens (tertiary/aromatic N) is 1. The van der Waals surface area contributed by atoms with Crippen LogP contribution in [0.4, 0.5) is 0 Å². The summed E-state index contributed by atoms with van der Waals surface area (Å²) < 4.78 is 0. The van der Waals surface area contributed by atoms with Crippen molar-refractivity contribution in [2.45, 2.75) is 51.1 Å². The van der Waals surface area contributed by atoms with E-state index in [2.05, 4.69) is 30.5 Å². The van der Waals surface area contributed by atoms with Crippen molar-refractivity contribution in [3.05, 3.63) is 0 Å².